The third-order valence-electron chi connectivity index (χ3n) is 9.66. The number of nitrogens with zero attached hydrogens (tertiary/aromatic N) is 4. The van der Waals surface area contributed by atoms with Crippen molar-refractivity contribution in [2.75, 3.05) is 5.01 Å². The highest BCUT2D eigenvalue weighted by molar-refractivity contribution is 6.41. The predicted octanol–water partition coefficient (Wildman–Crippen LogP) is 11.6. The first-order valence-electron chi connectivity index (χ1n) is 17.3. The van der Waals surface area contributed by atoms with Crippen LogP contribution in [0.5, 0.6) is 23.0 Å². The summed E-state index contributed by atoms with van der Waals surface area (Å²) < 4.78 is 14.4. The molecule has 1 aromatic heterocycles. The van der Waals surface area contributed by atoms with Crippen LogP contribution in [-0.4, -0.2) is 23.2 Å². The van der Waals surface area contributed by atoms with Gasteiger partial charge >= 0.3 is 0 Å². The molecular formula is C46H33N5O2. The zero-order chi connectivity index (χ0) is 35.9. The highest BCUT2D eigenvalue weighted by Crippen LogP contribution is 2.46. The molecule has 7 nitrogen and oxygen atoms in total. The van der Waals surface area contributed by atoms with Gasteiger partial charge < -0.3 is 14.0 Å². The monoisotopic (exact) mass is 687 g/mol. The normalized spacial score (nSPS) is 13.9. The van der Waals surface area contributed by atoms with Crippen molar-refractivity contribution in [2.45, 2.75) is 0 Å². The van der Waals surface area contributed by atoms with Crippen LogP contribution in [0.25, 0.3) is 49.4 Å². The van der Waals surface area contributed by atoms with Crippen LogP contribution >= 0.6 is 0 Å². The van der Waals surface area contributed by atoms with Crippen LogP contribution in [0.4, 0.5) is 5.69 Å². The Kier molecular flexibility index (Phi) is 7.86. The summed E-state index contributed by atoms with van der Waals surface area (Å²) in [6.45, 7) is 3.66. The van der Waals surface area contributed by atoms with E-state index in [0.717, 1.165) is 45.4 Å². The van der Waals surface area contributed by atoms with Gasteiger partial charge in [-0.2, -0.15) is 5.10 Å². The van der Waals surface area contributed by atoms with Gasteiger partial charge in [0.2, 0.25) is 0 Å². The van der Waals surface area contributed by atoms with Gasteiger partial charge in [0.25, 0.3) is 0 Å². The molecule has 1 N–H and O–H groups in total. The number of aromatic nitrogens is 1. The van der Waals surface area contributed by atoms with Crippen molar-refractivity contribution in [1.29, 1.82) is 5.41 Å². The van der Waals surface area contributed by atoms with Crippen molar-refractivity contribution in [3.63, 3.8) is 0 Å². The average molecular weight is 688 g/mol. The number of benzene rings is 7. The summed E-state index contributed by atoms with van der Waals surface area (Å²) >= 11 is 0. The van der Waals surface area contributed by atoms with Gasteiger partial charge in [-0.3, -0.25) is 10.4 Å². The number of aliphatic imine (C=N–C) groups is 1. The molecule has 10 rings (SSSR count). The van der Waals surface area contributed by atoms with Crippen molar-refractivity contribution < 1.29 is 9.47 Å². The van der Waals surface area contributed by atoms with Gasteiger partial charge in [-0.25, -0.2) is 5.01 Å². The molecule has 0 spiro atoms. The maximum absolute atomic E-state index is 8.13. The standard InChI is InChI=1S/C29H19NO2.C17H14N4/c1-30-23-13-11-19(16-22(23)29-21-7-3-2-6-18(21)10-14-24(29)30)20-12-15-27-28(17-20)32-26-9-5-4-8-25(26)31-27;1-19-16(13-8-4-2-5-9-13)17-15(18)12-20-21(17)14-10-6-3-7-11-14/h2-17H,1H3;2-12,18H,1H2/b;17-16+,18-15?. The zero-order valence-corrected chi connectivity index (χ0v) is 28.9. The molecule has 0 saturated heterocycles. The maximum Gasteiger partial charge on any atom is 0.170 e. The second-order valence-corrected chi connectivity index (χ2v) is 12.8. The Bertz CT molecular complexity index is 2780. The van der Waals surface area contributed by atoms with E-state index < -0.39 is 0 Å². The second-order valence-electron chi connectivity index (χ2n) is 12.8. The number of hydrogen-bond acceptors (Lipinski definition) is 6. The fourth-order valence-electron chi connectivity index (χ4n) is 7.11. The van der Waals surface area contributed by atoms with Gasteiger partial charge in [-0.05, 0) is 83.2 Å². The molecule has 0 aliphatic carbocycles. The lowest BCUT2D eigenvalue weighted by Gasteiger charge is -2.21. The minimum absolute atomic E-state index is 0.324. The highest BCUT2D eigenvalue weighted by atomic mass is 16.6. The number of nitrogens with one attached hydrogen (secondary N) is 1. The zero-order valence-electron chi connectivity index (χ0n) is 28.9. The van der Waals surface area contributed by atoms with E-state index in [9.17, 15) is 0 Å². The predicted molar refractivity (Wildman–Crippen MR) is 218 cm³/mol. The van der Waals surface area contributed by atoms with Crippen LogP contribution in [0.3, 0.4) is 0 Å². The first kappa shape index (κ1) is 31.7. The van der Waals surface area contributed by atoms with Crippen LogP contribution in [0.2, 0.25) is 0 Å². The van der Waals surface area contributed by atoms with Gasteiger partial charge in [-0.15, -0.1) is 0 Å². The van der Waals surface area contributed by atoms with E-state index in [1.807, 2.05) is 91.0 Å². The molecule has 0 unspecified atom stereocenters. The van der Waals surface area contributed by atoms with Crippen LogP contribution in [0.1, 0.15) is 5.56 Å². The molecule has 254 valence electrons. The van der Waals surface area contributed by atoms with Crippen LogP contribution < -0.4 is 14.5 Å². The van der Waals surface area contributed by atoms with E-state index in [0.29, 0.717) is 17.1 Å². The molecule has 0 saturated carbocycles. The van der Waals surface area contributed by atoms with E-state index in [1.165, 1.54) is 38.8 Å². The van der Waals surface area contributed by atoms with Gasteiger partial charge in [0.15, 0.2) is 23.0 Å². The number of ether oxygens (including phenoxy) is 2. The van der Waals surface area contributed by atoms with E-state index in [1.54, 1.807) is 5.01 Å². The molecule has 7 aromatic carbocycles. The quantitative estimate of drug-likeness (QED) is 0.187. The molecule has 0 radical (unpaired) electrons. The SMILES string of the molecule is C=N/C(=C1\C(=N)C=NN1c1ccccc1)c1ccccc1.Cn1c2ccc(-c3ccc4c(c3)Oc3ccccc3O4)cc2c2c3ccccc3ccc21. The molecule has 0 amide bonds. The number of hydrazone groups is 1. The Morgan fingerprint density at radius 2 is 1.25 bits per heavy atom. The number of para-hydroxylation sites is 3. The molecule has 3 heterocycles. The summed E-state index contributed by atoms with van der Waals surface area (Å²) in [5.41, 5.74) is 8.16. The fraction of sp³-hybridized carbons (Fsp3) is 0.0217. The smallest absolute Gasteiger partial charge is 0.170 e. The maximum atomic E-state index is 8.13. The first-order valence-corrected chi connectivity index (χ1v) is 17.3. The first-order chi connectivity index (χ1) is 26.1. The number of allylic oxidation sites excluding steroid dienone is 1. The molecule has 7 heteroatoms. The largest absolute Gasteiger partial charge is 0.450 e. The lowest BCUT2D eigenvalue weighted by molar-refractivity contribution is 0.360. The number of anilines is 1. The van der Waals surface area contributed by atoms with Crippen LogP contribution in [-0.2, 0) is 7.05 Å². The summed E-state index contributed by atoms with van der Waals surface area (Å²) in [5.74, 6) is 2.97. The van der Waals surface area contributed by atoms with Crippen LogP contribution in [0, 0.1) is 5.41 Å². The number of rotatable bonds is 4. The summed E-state index contributed by atoms with van der Waals surface area (Å²) in [5, 5.41) is 19.3. The summed E-state index contributed by atoms with van der Waals surface area (Å²) in [4.78, 5) is 4.13. The van der Waals surface area contributed by atoms with Crippen LogP contribution in [0.15, 0.2) is 174 Å². The van der Waals surface area contributed by atoms with Crippen molar-refractivity contribution in [2.24, 2.45) is 17.1 Å². The Hall–Kier alpha value is -7.25. The van der Waals surface area contributed by atoms with Crippen molar-refractivity contribution in [1.82, 2.24) is 4.57 Å². The lowest BCUT2D eigenvalue weighted by Crippen LogP contribution is -2.16. The van der Waals surface area contributed by atoms with E-state index in [-0.39, 0.29) is 0 Å². The average Bonchev–Trinajstić information content (AvgIpc) is 3.74. The molecule has 0 fully saturated rings. The number of hydrogen-bond donors (Lipinski definition) is 1. The highest BCUT2D eigenvalue weighted by Gasteiger charge is 2.25. The van der Waals surface area contributed by atoms with Crippen molar-refractivity contribution >= 4 is 62.6 Å². The molecule has 8 aromatic rings. The van der Waals surface area contributed by atoms with Gasteiger partial charge in [0.1, 0.15) is 11.4 Å². The molecule has 53 heavy (non-hydrogen) atoms. The fourth-order valence-corrected chi connectivity index (χ4v) is 7.11. The van der Waals surface area contributed by atoms with Gasteiger partial charge in [0, 0.05) is 34.4 Å². The molecule has 2 aliphatic heterocycles. The molecular weight excluding hydrogens is 655 g/mol. The third kappa shape index (κ3) is 5.61. The Labute approximate surface area is 306 Å². The van der Waals surface area contributed by atoms with E-state index in [4.69, 9.17) is 14.9 Å². The Morgan fingerprint density at radius 3 is 2.02 bits per heavy atom. The minimum atomic E-state index is 0.324. The van der Waals surface area contributed by atoms with Gasteiger partial charge in [-0.1, -0.05) is 103 Å². The molecule has 2 aliphatic rings. The number of aryl methyl sites for hydroxylation is 1. The van der Waals surface area contributed by atoms with Crippen molar-refractivity contribution in [3.8, 4) is 34.1 Å². The number of fused-ring (bicyclic) bond motifs is 7. The second kappa shape index (κ2) is 13.1. The lowest BCUT2D eigenvalue weighted by atomic mass is 10.00. The molecule has 0 atom stereocenters. The minimum Gasteiger partial charge on any atom is -0.450 e. The summed E-state index contributed by atoms with van der Waals surface area (Å²) in [6.07, 6.45) is 1.52. The third-order valence-corrected chi connectivity index (χ3v) is 9.66. The summed E-state index contributed by atoms with van der Waals surface area (Å²) in [6, 6.07) is 53.1. The topological polar surface area (TPSA) is 75.2 Å². The van der Waals surface area contributed by atoms with E-state index in [2.05, 4.69) is 95.2 Å². The Morgan fingerprint density at radius 1 is 0.623 bits per heavy atom. The van der Waals surface area contributed by atoms with Crippen molar-refractivity contribution in [3.05, 3.63) is 169 Å². The van der Waals surface area contributed by atoms with E-state index >= 15 is 0 Å². The van der Waals surface area contributed by atoms with Gasteiger partial charge in [0.05, 0.1) is 17.6 Å². The Balaban J connectivity index is 0.000000154. The summed E-state index contributed by atoms with van der Waals surface area (Å²) in [7, 11) is 2.14. The molecule has 0 bridgehead atoms.